The predicted molar refractivity (Wildman–Crippen MR) is 102 cm³/mol. The van der Waals surface area contributed by atoms with Gasteiger partial charge in [0.2, 0.25) is 6.79 Å². The van der Waals surface area contributed by atoms with Crippen LogP contribution in [0.25, 0.3) is 0 Å². The maximum absolute atomic E-state index is 12.4. The van der Waals surface area contributed by atoms with Gasteiger partial charge in [0.25, 0.3) is 5.91 Å². The molecule has 0 saturated carbocycles. The standard InChI is InChI=1S/C21H21N3O3/c1-3-15-4-6-16(7-5-15)14(2)24-21(25)17(11-22)12-23-18-8-9-19-20(10-18)27-13-26-19/h4-10,12,14,23H,3,13H2,1-2H3,(H,24,25)/b17-12-. The molecule has 138 valence electrons. The fraction of sp³-hybridized carbons (Fsp3) is 0.238. The van der Waals surface area contributed by atoms with Crippen LogP contribution >= 0.6 is 0 Å². The summed E-state index contributed by atoms with van der Waals surface area (Å²) in [5.74, 6) is 0.865. The van der Waals surface area contributed by atoms with Crippen molar-refractivity contribution in [3.05, 3.63) is 65.4 Å². The van der Waals surface area contributed by atoms with Crippen LogP contribution in [-0.4, -0.2) is 12.7 Å². The van der Waals surface area contributed by atoms with E-state index in [4.69, 9.17) is 9.47 Å². The van der Waals surface area contributed by atoms with Crippen molar-refractivity contribution in [2.75, 3.05) is 12.1 Å². The Balaban J connectivity index is 1.64. The molecule has 0 spiro atoms. The fourth-order valence-electron chi connectivity index (χ4n) is 2.69. The number of aryl methyl sites for hydroxylation is 1. The van der Waals surface area contributed by atoms with Crippen LogP contribution in [-0.2, 0) is 11.2 Å². The molecule has 0 aliphatic carbocycles. The molecular weight excluding hydrogens is 342 g/mol. The van der Waals surface area contributed by atoms with Gasteiger partial charge in [-0.05, 0) is 36.6 Å². The molecule has 0 radical (unpaired) electrons. The maximum Gasteiger partial charge on any atom is 0.263 e. The highest BCUT2D eigenvalue weighted by atomic mass is 16.7. The first-order valence-corrected chi connectivity index (χ1v) is 8.77. The van der Waals surface area contributed by atoms with Gasteiger partial charge in [0, 0.05) is 18.0 Å². The molecule has 6 heteroatoms. The summed E-state index contributed by atoms with van der Waals surface area (Å²) in [5.41, 5.74) is 2.91. The highest BCUT2D eigenvalue weighted by molar-refractivity contribution is 5.97. The molecule has 2 aromatic carbocycles. The molecule has 1 amide bonds. The molecule has 0 saturated heterocycles. The van der Waals surface area contributed by atoms with E-state index in [1.807, 2.05) is 37.3 Å². The zero-order valence-corrected chi connectivity index (χ0v) is 15.3. The summed E-state index contributed by atoms with van der Waals surface area (Å²) in [6.07, 6.45) is 2.35. The van der Waals surface area contributed by atoms with Crippen molar-refractivity contribution in [2.24, 2.45) is 0 Å². The van der Waals surface area contributed by atoms with Gasteiger partial charge in [0.1, 0.15) is 11.6 Å². The van der Waals surface area contributed by atoms with Gasteiger partial charge in [-0.1, -0.05) is 31.2 Å². The van der Waals surface area contributed by atoms with E-state index in [2.05, 4.69) is 17.6 Å². The van der Waals surface area contributed by atoms with Crippen LogP contribution in [0.1, 0.15) is 31.0 Å². The van der Waals surface area contributed by atoms with Crippen molar-refractivity contribution in [1.29, 1.82) is 5.26 Å². The van der Waals surface area contributed by atoms with E-state index in [-0.39, 0.29) is 18.4 Å². The molecule has 2 aromatic rings. The van der Waals surface area contributed by atoms with Gasteiger partial charge in [-0.15, -0.1) is 0 Å². The number of rotatable bonds is 6. The van der Waals surface area contributed by atoms with E-state index in [9.17, 15) is 10.1 Å². The molecule has 3 rings (SSSR count). The van der Waals surface area contributed by atoms with Crippen LogP contribution in [0.5, 0.6) is 11.5 Å². The van der Waals surface area contributed by atoms with Gasteiger partial charge in [-0.3, -0.25) is 4.79 Å². The Labute approximate surface area is 158 Å². The summed E-state index contributed by atoms with van der Waals surface area (Å²) < 4.78 is 10.6. The molecule has 1 aliphatic rings. The fourth-order valence-corrected chi connectivity index (χ4v) is 2.69. The monoisotopic (exact) mass is 363 g/mol. The number of hydrogen-bond acceptors (Lipinski definition) is 5. The highest BCUT2D eigenvalue weighted by Gasteiger charge is 2.15. The number of fused-ring (bicyclic) bond motifs is 1. The lowest BCUT2D eigenvalue weighted by atomic mass is 10.0. The Morgan fingerprint density at radius 1 is 1.22 bits per heavy atom. The second-order valence-electron chi connectivity index (χ2n) is 6.17. The number of carbonyl (C=O) groups excluding carboxylic acids is 1. The Hall–Kier alpha value is -3.46. The number of amides is 1. The number of carbonyl (C=O) groups is 1. The third-order valence-corrected chi connectivity index (χ3v) is 4.36. The quantitative estimate of drug-likeness (QED) is 0.604. The summed E-state index contributed by atoms with van der Waals surface area (Å²) in [6.45, 7) is 4.17. The van der Waals surface area contributed by atoms with Gasteiger partial charge in [0.05, 0.1) is 6.04 Å². The zero-order valence-electron chi connectivity index (χ0n) is 15.3. The minimum atomic E-state index is -0.433. The highest BCUT2D eigenvalue weighted by Crippen LogP contribution is 2.34. The summed E-state index contributed by atoms with van der Waals surface area (Å²) in [5, 5.41) is 15.1. The van der Waals surface area contributed by atoms with Crippen molar-refractivity contribution in [3.8, 4) is 17.6 Å². The molecule has 0 aromatic heterocycles. The smallest absolute Gasteiger partial charge is 0.263 e. The molecule has 1 unspecified atom stereocenters. The average Bonchev–Trinajstić information content (AvgIpc) is 3.16. The lowest BCUT2D eigenvalue weighted by molar-refractivity contribution is -0.117. The molecule has 0 fully saturated rings. The topological polar surface area (TPSA) is 83.4 Å². The van der Waals surface area contributed by atoms with Crippen LogP contribution in [0.3, 0.4) is 0 Å². The SMILES string of the molecule is CCc1ccc(C(C)NC(=O)/C(C#N)=C\Nc2ccc3c(c2)OCO3)cc1. The van der Waals surface area contributed by atoms with Crippen LogP contribution in [0, 0.1) is 11.3 Å². The minimum Gasteiger partial charge on any atom is -0.454 e. The van der Waals surface area contributed by atoms with Crippen molar-refractivity contribution >= 4 is 11.6 Å². The lowest BCUT2D eigenvalue weighted by Gasteiger charge is -2.14. The van der Waals surface area contributed by atoms with Crippen LogP contribution in [0.2, 0.25) is 0 Å². The first kappa shape index (κ1) is 18.3. The number of benzene rings is 2. The van der Waals surface area contributed by atoms with Gasteiger partial charge >= 0.3 is 0 Å². The summed E-state index contributed by atoms with van der Waals surface area (Å²) in [6, 6.07) is 15.1. The number of anilines is 1. The van der Waals surface area contributed by atoms with Crippen molar-refractivity contribution in [1.82, 2.24) is 5.32 Å². The largest absolute Gasteiger partial charge is 0.454 e. The van der Waals surface area contributed by atoms with E-state index in [0.717, 1.165) is 12.0 Å². The van der Waals surface area contributed by atoms with E-state index in [0.29, 0.717) is 17.2 Å². The molecule has 2 N–H and O–H groups in total. The molecule has 27 heavy (non-hydrogen) atoms. The molecule has 1 heterocycles. The number of ether oxygens (including phenoxy) is 2. The second-order valence-corrected chi connectivity index (χ2v) is 6.17. The number of nitrogens with zero attached hydrogens (tertiary/aromatic N) is 1. The minimum absolute atomic E-state index is 0.00954. The Morgan fingerprint density at radius 3 is 2.67 bits per heavy atom. The van der Waals surface area contributed by atoms with Gasteiger partial charge in [-0.25, -0.2) is 0 Å². The van der Waals surface area contributed by atoms with Gasteiger partial charge in [-0.2, -0.15) is 5.26 Å². The first-order chi connectivity index (χ1) is 13.1. The molecule has 0 bridgehead atoms. The molecule has 6 nitrogen and oxygen atoms in total. The molecular formula is C21H21N3O3. The summed E-state index contributed by atoms with van der Waals surface area (Å²) >= 11 is 0. The van der Waals surface area contributed by atoms with Gasteiger partial charge in [0.15, 0.2) is 11.5 Å². The van der Waals surface area contributed by atoms with Crippen LogP contribution < -0.4 is 20.1 Å². The average molecular weight is 363 g/mol. The van der Waals surface area contributed by atoms with E-state index in [1.165, 1.54) is 11.8 Å². The normalized spacial score (nSPS) is 13.6. The van der Waals surface area contributed by atoms with Crippen LogP contribution in [0.15, 0.2) is 54.2 Å². The third-order valence-electron chi connectivity index (χ3n) is 4.36. The number of nitriles is 1. The van der Waals surface area contributed by atoms with Crippen molar-refractivity contribution in [2.45, 2.75) is 26.3 Å². The zero-order chi connectivity index (χ0) is 19.2. The summed E-state index contributed by atoms with van der Waals surface area (Å²) in [4.78, 5) is 12.4. The van der Waals surface area contributed by atoms with E-state index in [1.54, 1.807) is 18.2 Å². The molecule has 1 atom stereocenters. The van der Waals surface area contributed by atoms with Crippen molar-refractivity contribution in [3.63, 3.8) is 0 Å². The third kappa shape index (κ3) is 4.39. The number of hydrogen-bond donors (Lipinski definition) is 2. The number of nitrogens with one attached hydrogen (secondary N) is 2. The van der Waals surface area contributed by atoms with E-state index >= 15 is 0 Å². The second kappa shape index (κ2) is 8.28. The predicted octanol–water partition coefficient (Wildman–Crippen LogP) is 3.67. The summed E-state index contributed by atoms with van der Waals surface area (Å²) in [7, 11) is 0. The maximum atomic E-state index is 12.4. The Bertz CT molecular complexity index is 898. The lowest BCUT2D eigenvalue weighted by Crippen LogP contribution is -2.28. The van der Waals surface area contributed by atoms with E-state index < -0.39 is 5.91 Å². The van der Waals surface area contributed by atoms with Crippen LogP contribution in [0.4, 0.5) is 5.69 Å². The Morgan fingerprint density at radius 2 is 1.96 bits per heavy atom. The Kier molecular flexibility index (Phi) is 5.62. The molecule has 1 aliphatic heterocycles. The van der Waals surface area contributed by atoms with Crippen molar-refractivity contribution < 1.29 is 14.3 Å². The van der Waals surface area contributed by atoms with Gasteiger partial charge < -0.3 is 20.1 Å². The first-order valence-electron chi connectivity index (χ1n) is 8.77.